The van der Waals surface area contributed by atoms with Crippen LogP contribution in [0.3, 0.4) is 0 Å². The number of piperazine rings is 1. The summed E-state index contributed by atoms with van der Waals surface area (Å²) in [6, 6.07) is 0. The number of carbonyl (C=O) groups is 2. The van der Waals surface area contributed by atoms with Gasteiger partial charge in [-0.3, -0.25) is 9.59 Å². The summed E-state index contributed by atoms with van der Waals surface area (Å²) in [7, 11) is -3.20. The fourth-order valence-corrected chi connectivity index (χ4v) is 2.45. The van der Waals surface area contributed by atoms with E-state index in [2.05, 4.69) is 5.32 Å². The maximum absolute atomic E-state index is 11.7. The summed E-state index contributed by atoms with van der Waals surface area (Å²) in [5.74, 6) is -0.622. The Labute approximate surface area is 106 Å². The summed E-state index contributed by atoms with van der Waals surface area (Å²) in [6.45, 7) is 0.990. The number of amides is 2. The molecule has 1 aliphatic heterocycles. The third-order valence-electron chi connectivity index (χ3n) is 2.68. The maximum Gasteiger partial charge on any atom is 0.242 e. The van der Waals surface area contributed by atoms with E-state index in [1.165, 1.54) is 9.21 Å². The van der Waals surface area contributed by atoms with Crippen LogP contribution in [0.25, 0.3) is 0 Å². The lowest BCUT2D eigenvalue weighted by Gasteiger charge is -2.33. The summed E-state index contributed by atoms with van der Waals surface area (Å²) in [5, 5.41) is 2.38. The van der Waals surface area contributed by atoms with E-state index < -0.39 is 15.9 Å². The molecule has 0 unspecified atom stereocenters. The number of hydrogen-bond donors (Lipinski definition) is 2. The number of nitrogens with zero attached hydrogens (tertiary/aromatic N) is 2. The number of rotatable bonds is 4. The molecule has 8 nitrogen and oxygen atoms in total. The highest BCUT2D eigenvalue weighted by Gasteiger charge is 2.25. The molecule has 104 valence electrons. The topological polar surface area (TPSA) is 113 Å². The molecule has 1 aliphatic rings. The first-order chi connectivity index (χ1) is 8.34. The molecule has 18 heavy (non-hydrogen) atoms. The van der Waals surface area contributed by atoms with Crippen molar-refractivity contribution in [2.45, 2.75) is 0 Å². The van der Waals surface area contributed by atoms with E-state index in [-0.39, 0.29) is 32.1 Å². The molecule has 1 heterocycles. The lowest BCUT2D eigenvalue weighted by atomic mass is 10.3. The van der Waals surface area contributed by atoms with E-state index in [0.717, 1.165) is 6.26 Å². The molecule has 1 fully saturated rings. The second-order valence-corrected chi connectivity index (χ2v) is 6.01. The van der Waals surface area contributed by atoms with Gasteiger partial charge in [0.25, 0.3) is 0 Å². The van der Waals surface area contributed by atoms with E-state index >= 15 is 0 Å². The van der Waals surface area contributed by atoms with Crippen molar-refractivity contribution >= 4 is 21.8 Å². The van der Waals surface area contributed by atoms with Crippen molar-refractivity contribution in [1.82, 2.24) is 14.5 Å². The number of nitrogens with two attached hydrogens (primary N) is 1. The Kier molecular flexibility index (Phi) is 5.05. The first-order valence-electron chi connectivity index (χ1n) is 5.54. The fraction of sp³-hybridized carbons (Fsp3) is 0.778. The minimum Gasteiger partial charge on any atom is -0.346 e. The molecule has 1 rings (SSSR count). The number of nitrogens with one attached hydrogen (secondary N) is 1. The van der Waals surface area contributed by atoms with Gasteiger partial charge in [-0.15, -0.1) is 0 Å². The van der Waals surface area contributed by atoms with Crippen LogP contribution in [-0.4, -0.2) is 75.0 Å². The zero-order chi connectivity index (χ0) is 13.8. The van der Waals surface area contributed by atoms with Gasteiger partial charge in [-0.05, 0) is 0 Å². The van der Waals surface area contributed by atoms with Gasteiger partial charge in [0.2, 0.25) is 21.8 Å². The Morgan fingerprint density at radius 3 is 2.22 bits per heavy atom. The van der Waals surface area contributed by atoms with Crippen LogP contribution >= 0.6 is 0 Å². The second kappa shape index (κ2) is 6.12. The van der Waals surface area contributed by atoms with Crippen LogP contribution in [0.1, 0.15) is 0 Å². The van der Waals surface area contributed by atoms with Gasteiger partial charge in [0.05, 0.1) is 19.3 Å². The van der Waals surface area contributed by atoms with Crippen LogP contribution in [0.15, 0.2) is 0 Å². The molecule has 0 bridgehead atoms. The molecular formula is C9H18N4O4S. The summed E-state index contributed by atoms with van der Waals surface area (Å²) in [4.78, 5) is 24.1. The monoisotopic (exact) mass is 278 g/mol. The normalized spacial score (nSPS) is 17.6. The quantitative estimate of drug-likeness (QED) is 0.575. The van der Waals surface area contributed by atoms with Crippen molar-refractivity contribution in [3.63, 3.8) is 0 Å². The maximum atomic E-state index is 11.7. The number of sulfonamides is 1. The molecule has 1 saturated heterocycles. The summed E-state index contributed by atoms with van der Waals surface area (Å²) >= 11 is 0. The third-order valence-corrected chi connectivity index (χ3v) is 3.99. The molecule has 0 atom stereocenters. The molecule has 0 radical (unpaired) electrons. The first-order valence-corrected chi connectivity index (χ1v) is 7.39. The van der Waals surface area contributed by atoms with Crippen molar-refractivity contribution in [2.24, 2.45) is 5.73 Å². The van der Waals surface area contributed by atoms with Crippen LogP contribution in [0.4, 0.5) is 0 Å². The molecular weight excluding hydrogens is 260 g/mol. The van der Waals surface area contributed by atoms with Crippen molar-refractivity contribution in [1.29, 1.82) is 0 Å². The Bertz CT molecular complexity index is 414. The van der Waals surface area contributed by atoms with E-state index in [1.54, 1.807) is 0 Å². The van der Waals surface area contributed by atoms with Gasteiger partial charge in [0.15, 0.2) is 0 Å². The first kappa shape index (κ1) is 14.9. The number of hydrogen-bond acceptors (Lipinski definition) is 5. The van der Waals surface area contributed by atoms with Crippen molar-refractivity contribution in [2.75, 3.05) is 45.5 Å². The standard InChI is InChI=1S/C9H18N4O4S/c1-18(16,17)13-4-2-12(3-5-13)9(15)7-11-8(14)6-10/h2-7,10H2,1H3,(H,11,14). The fourth-order valence-electron chi connectivity index (χ4n) is 1.63. The summed E-state index contributed by atoms with van der Waals surface area (Å²) in [6.07, 6.45) is 1.14. The molecule has 2 amide bonds. The highest BCUT2D eigenvalue weighted by atomic mass is 32.2. The lowest BCUT2D eigenvalue weighted by Crippen LogP contribution is -2.52. The van der Waals surface area contributed by atoms with E-state index in [9.17, 15) is 18.0 Å². The average molecular weight is 278 g/mol. The molecule has 9 heteroatoms. The van der Waals surface area contributed by atoms with E-state index in [4.69, 9.17) is 5.73 Å². The van der Waals surface area contributed by atoms with Gasteiger partial charge in [0, 0.05) is 26.2 Å². The van der Waals surface area contributed by atoms with Gasteiger partial charge >= 0.3 is 0 Å². The van der Waals surface area contributed by atoms with Crippen LogP contribution in [0.2, 0.25) is 0 Å². The second-order valence-electron chi connectivity index (χ2n) is 4.02. The van der Waals surface area contributed by atoms with E-state index in [1.807, 2.05) is 0 Å². The highest BCUT2D eigenvalue weighted by Crippen LogP contribution is 2.05. The smallest absolute Gasteiger partial charge is 0.242 e. The van der Waals surface area contributed by atoms with Crippen LogP contribution in [-0.2, 0) is 19.6 Å². The van der Waals surface area contributed by atoms with Gasteiger partial charge < -0.3 is 16.0 Å². The predicted molar refractivity (Wildman–Crippen MR) is 65.1 cm³/mol. The Balaban J connectivity index is 2.39. The third kappa shape index (κ3) is 4.24. The van der Waals surface area contributed by atoms with Crippen LogP contribution < -0.4 is 11.1 Å². The van der Waals surface area contributed by atoms with Gasteiger partial charge in [-0.25, -0.2) is 8.42 Å². The van der Waals surface area contributed by atoms with Gasteiger partial charge in [-0.1, -0.05) is 0 Å². The Hall–Kier alpha value is -1.19. The minimum atomic E-state index is -3.20. The molecule has 0 aromatic rings. The van der Waals surface area contributed by atoms with Crippen LogP contribution in [0, 0.1) is 0 Å². The van der Waals surface area contributed by atoms with Crippen molar-refractivity contribution in [3.05, 3.63) is 0 Å². The average Bonchev–Trinajstić information content (AvgIpc) is 2.34. The van der Waals surface area contributed by atoms with Crippen molar-refractivity contribution in [3.8, 4) is 0 Å². The highest BCUT2D eigenvalue weighted by molar-refractivity contribution is 7.88. The molecule has 0 spiro atoms. The lowest BCUT2D eigenvalue weighted by molar-refractivity contribution is -0.133. The minimum absolute atomic E-state index is 0.102. The van der Waals surface area contributed by atoms with Gasteiger partial charge in [-0.2, -0.15) is 4.31 Å². The van der Waals surface area contributed by atoms with Crippen LogP contribution in [0.5, 0.6) is 0 Å². The zero-order valence-electron chi connectivity index (χ0n) is 10.3. The summed E-state index contributed by atoms with van der Waals surface area (Å²) in [5.41, 5.74) is 5.09. The molecule has 0 aromatic heterocycles. The molecule has 0 aliphatic carbocycles. The zero-order valence-corrected chi connectivity index (χ0v) is 11.1. The number of carbonyl (C=O) groups excluding carboxylic acids is 2. The predicted octanol–water partition coefficient (Wildman–Crippen LogP) is -2.83. The molecule has 0 aromatic carbocycles. The van der Waals surface area contributed by atoms with Crippen molar-refractivity contribution < 1.29 is 18.0 Å². The SMILES string of the molecule is CS(=O)(=O)N1CCN(C(=O)CNC(=O)CN)CC1. The molecule has 0 saturated carbocycles. The van der Waals surface area contributed by atoms with E-state index in [0.29, 0.717) is 13.1 Å². The van der Waals surface area contributed by atoms with Gasteiger partial charge in [0.1, 0.15) is 0 Å². The molecule has 3 N–H and O–H groups in total. The largest absolute Gasteiger partial charge is 0.346 e. The Morgan fingerprint density at radius 2 is 1.78 bits per heavy atom. The Morgan fingerprint density at radius 1 is 1.22 bits per heavy atom. The summed E-state index contributed by atoms with van der Waals surface area (Å²) < 4.78 is 23.9.